The molecule has 1 aliphatic rings. The average Bonchev–Trinajstić information content (AvgIpc) is 3.36. The fraction of sp³-hybridized carbons (Fsp3) is 0.500. The van der Waals surface area contributed by atoms with Gasteiger partial charge in [0.25, 0.3) is 0 Å². The summed E-state index contributed by atoms with van der Waals surface area (Å²) in [6.07, 6.45) is 1.95. The molecule has 1 aromatic heterocycles. The molecule has 2 unspecified atom stereocenters. The molecule has 2 heterocycles. The van der Waals surface area contributed by atoms with E-state index in [2.05, 4.69) is 53.7 Å². The maximum Gasteiger partial charge on any atom is 0.310 e. The SMILES string of the molecule is CCNC(=NCc1csc(CCc2ccccc2)n1)N1CC(C)C(C(=O)OC)C1. The van der Waals surface area contributed by atoms with E-state index in [1.807, 2.05) is 6.07 Å². The summed E-state index contributed by atoms with van der Waals surface area (Å²) >= 11 is 1.70. The van der Waals surface area contributed by atoms with E-state index in [9.17, 15) is 4.79 Å². The van der Waals surface area contributed by atoms with Gasteiger partial charge in [0.1, 0.15) is 0 Å². The van der Waals surface area contributed by atoms with Gasteiger partial charge in [0.05, 0.1) is 30.3 Å². The lowest BCUT2D eigenvalue weighted by Crippen LogP contribution is -2.40. The first kappa shape index (κ1) is 21.3. The fourth-order valence-electron chi connectivity index (χ4n) is 3.61. The number of guanidine groups is 1. The molecule has 29 heavy (non-hydrogen) atoms. The highest BCUT2D eigenvalue weighted by Gasteiger charge is 2.36. The standard InChI is InChI=1S/C22H30N4O2S/c1-4-23-22(26-13-16(2)19(14-26)21(27)28-3)24-12-18-15-29-20(25-18)11-10-17-8-6-5-7-9-17/h5-9,15-16,19H,4,10-14H2,1-3H3,(H,23,24). The van der Waals surface area contributed by atoms with E-state index in [0.29, 0.717) is 13.1 Å². The first-order chi connectivity index (χ1) is 14.1. The van der Waals surface area contributed by atoms with Crippen LogP contribution in [0.4, 0.5) is 0 Å². The Balaban J connectivity index is 1.59. The molecule has 0 spiro atoms. The van der Waals surface area contributed by atoms with Gasteiger partial charge < -0.3 is 15.0 Å². The number of nitrogens with zero attached hydrogens (tertiary/aromatic N) is 3. The van der Waals surface area contributed by atoms with E-state index in [4.69, 9.17) is 14.7 Å². The van der Waals surface area contributed by atoms with Crippen LogP contribution in [0.2, 0.25) is 0 Å². The molecule has 0 saturated carbocycles. The molecule has 2 atom stereocenters. The monoisotopic (exact) mass is 414 g/mol. The Kier molecular flexibility index (Phi) is 7.63. The van der Waals surface area contributed by atoms with Gasteiger partial charge in [-0.25, -0.2) is 9.98 Å². The minimum absolute atomic E-state index is 0.104. The molecular formula is C22H30N4O2S. The Labute approximate surface area is 177 Å². The summed E-state index contributed by atoms with van der Waals surface area (Å²) in [6, 6.07) is 10.5. The van der Waals surface area contributed by atoms with Crippen molar-refractivity contribution in [2.45, 2.75) is 33.2 Å². The van der Waals surface area contributed by atoms with Gasteiger partial charge in [0, 0.05) is 31.4 Å². The number of methoxy groups -OCH3 is 1. The number of hydrogen-bond acceptors (Lipinski definition) is 5. The third-order valence-electron chi connectivity index (χ3n) is 5.21. The number of likely N-dealkylation sites (tertiary alicyclic amines) is 1. The Morgan fingerprint density at radius 3 is 2.83 bits per heavy atom. The summed E-state index contributed by atoms with van der Waals surface area (Å²) in [5.41, 5.74) is 2.32. The maximum atomic E-state index is 12.0. The van der Waals surface area contributed by atoms with Crippen molar-refractivity contribution in [3.8, 4) is 0 Å². The quantitative estimate of drug-likeness (QED) is 0.428. The number of esters is 1. The first-order valence-electron chi connectivity index (χ1n) is 10.2. The summed E-state index contributed by atoms with van der Waals surface area (Å²) < 4.78 is 4.95. The molecule has 1 saturated heterocycles. The first-order valence-corrected chi connectivity index (χ1v) is 11.1. The lowest BCUT2D eigenvalue weighted by Gasteiger charge is -2.21. The number of carbonyl (C=O) groups excluding carboxylic acids is 1. The molecule has 156 valence electrons. The van der Waals surface area contributed by atoms with E-state index in [-0.39, 0.29) is 17.8 Å². The number of aryl methyl sites for hydroxylation is 2. The smallest absolute Gasteiger partial charge is 0.310 e. The van der Waals surface area contributed by atoms with E-state index in [0.717, 1.165) is 42.6 Å². The normalized spacial score (nSPS) is 19.4. The van der Waals surface area contributed by atoms with Crippen LogP contribution in [0.15, 0.2) is 40.7 Å². The highest BCUT2D eigenvalue weighted by atomic mass is 32.1. The number of rotatable bonds is 7. The zero-order chi connectivity index (χ0) is 20.6. The van der Waals surface area contributed by atoms with Gasteiger partial charge in [0.2, 0.25) is 0 Å². The van der Waals surface area contributed by atoms with Gasteiger partial charge in [-0.1, -0.05) is 37.3 Å². The van der Waals surface area contributed by atoms with Gasteiger partial charge in [0.15, 0.2) is 5.96 Å². The van der Waals surface area contributed by atoms with Crippen molar-refractivity contribution in [1.29, 1.82) is 0 Å². The summed E-state index contributed by atoms with van der Waals surface area (Å²) in [6.45, 7) is 6.90. The molecule has 1 aromatic carbocycles. The number of benzene rings is 1. The fourth-order valence-corrected chi connectivity index (χ4v) is 4.40. The maximum absolute atomic E-state index is 12.0. The molecule has 6 nitrogen and oxygen atoms in total. The van der Waals surface area contributed by atoms with Crippen molar-refractivity contribution in [3.05, 3.63) is 52.0 Å². The molecule has 7 heteroatoms. The lowest BCUT2D eigenvalue weighted by atomic mass is 9.99. The molecule has 0 amide bonds. The molecule has 0 radical (unpaired) electrons. The molecule has 3 rings (SSSR count). The van der Waals surface area contributed by atoms with Crippen molar-refractivity contribution in [2.75, 3.05) is 26.7 Å². The molecule has 1 N–H and O–H groups in total. The molecule has 0 aliphatic carbocycles. The molecular weight excluding hydrogens is 384 g/mol. The minimum atomic E-state index is -0.140. The van der Waals surface area contributed by atoms with Crippen LogP contribution in [0.5, 0.6) is 0 Å². The number of aliphatic imine (C=N–C) groups is 1. The third kappa shape index (κ3) is 5.79. The van der Waals surface area contributed by atoms with Crippen molar-refractivity contribution < 1.29 is 9.53 Å². The number of carbonyl (C=O) groups is 1. The second-order valence-electron chi connectivity index (χ2n) is 7.40. The van der Waals surface area contributed by atoms with Crippen LogP contribution in [0, 0.1) is 11.8 Å². The van der Waals surface area contributed by atoms with Gasteiger partial charge in [-0.05, 0) is 24.8 Å². The van der Waals surface area contributed by atoms with Gasteiger partial charge in [-0.3, -0.25) is 4.79 Å². The molecule has 2 aromatic rings. The van der Waals surface area contributed by atoms with Crippen molar-refractivity contribution in [1.82, 2.24) is 15.2 Å². The van der Waals surface area contributed by atoms with E-state index in [1.54, 1.807) is 11.3 Å². The van der Waals surface area contributed by atoms with Crippen LogP contribution in [0.1, 0.15) is 30.1 Å². The number of nitrogens with one attached hydrogen (secondary N) is 1. The molecule has 1 fully saturated rings. The second kappa shape index (κ2) is 10.4. The Morgan fingerprint density at radius 1 is 1.31 bits per heavy atom. The number of hydrogen-bond donors (Lipinski definition) is 1. The molecule has 0 bridgehead atoms. The highest BCUT2D eigenvalue weighted by Crippen LogP contribution is 2.24. The average molecular weight is 415 g/mol. The minimum Gasteiger partial charge on any atom is -0.469 e. The van der Waals surface area contributed by atoms with E-state index in [1.165, 1.54) is 12.7 Å². The Morgan fingerprint density at radius 2 is 2.10 bits per heavy atom. The Hall–Kier alpha value is -2.41. The van der Waals surface area contributed by atoms with Crippen molar-refractivity contribution >= 4 is 23.3 Å². The topological polar surface area (TPSA) is 66.8 Å². The number of ether oxygens (including phenoxy) is 1. The Bertz CT molecular complexity index is 821. The van der Waals surface area contributed by atoms with E-state index >= 15 is 0 Å². The van der Waals surface area contributed by atoms with Crippen LogP contribution in [0.3, 0.4) is 0 Å². The highest BCUT2D eigenvalue weighted by molar-refractivity contribution is 7.09. The van der Waals surface area contributed by atoms with Crippen LogP contribution < -0.4 is 5.32 Å². The number of aromatic nitrogens is 1. The summed E-state index contributed by atoms with van der Waals surface area (Å²) in [5, 5.41) is 6.58. The van der Waals surface area contributed by atoms with Gasteiger partial charge in [-0.2, -0.15) is 0 Å². The zero-order valence-electron chi connectivity index (χ0n) is 17.4. The summed E-state index contributed by atoms with van der Waals surface area (Å²) in [4.78, 5) is 23.7. The van der Waals surface area contributed by atoms with Crippen LogP contribution in [-0.4, -0.2) is 48.6 Å². The lowest BCUT2D eigenvalue weighted by molar-refractivity contribution is -0.145. The largest absolute Gasteiger partial charge is 0.469 e. The van der Waals surface area contributed by atoms with E-state index < -0.39 is 0 Å². The summed E-state index contributed by atoms with van der Waals surface area (Å²) in [5.74, 6) is 0.839. The number of thiazole rings is 1. The van der Waals surface area contributed by atoms with Crippen LogP contribution in [-0.2, 0) is 28.9 Å². The van der Waals surface area contributed by atoms with Gasteiger partial charge in [-0.15, -0.1) is 11.3 Å². The van der Waals surface area contributed by atoms with Gasteiger partial charge >= 0.3 is 5.97 Å². The van der Waals surface area contributed by atoms with Crippen LogP contribution in [0.25, 0.3) is 0 Å². The van der Waals surface area contributed by atoms with Crippen LogP contribution >= 0.6 is 11.3 Å². The second-order valence-corrected chi connectivity index (χ2v) is 8.34. The predicted molar refractivity (Wildman–Crippen MR) is 117 cm³/mol. The van der Waals surface area contributed by atoms with Crippen molar-refractivity contribution in [3.63, 3.8) is 0 Å². The molecule has 1 aliphatic heterocycles. The van der Waals surface area contributed by atoms with Crippen molar-refractivity contribution in [2.24, 2.45) is 16.8 Å². The summed E-state index contributed by atoms with van der Waals surface area (Å²) in [7, 11) is 1.45. The predicted octanol–water partition coefficient (Wildman–Crippen LogP) is 3.13. The third-order valence-corrected chi connectivity index (χ3v) is 6.17. The zero-order valence-corrected chi connectivity index (χ0v) is 18.2.